The van der Waals surface area contributed by atoms with Crippen LogP contribution in [-0.4, -0.2) is 15.7 Å². The van der Waals surface area contributed by atoms with Crippen molar-refractivity contribution in [3.05, 3.63) is 39.5 Å². The lowest BCUT2D eigenvalue weighted by atomic mass is 10.1. The molecule has 0 radical (unpaired) electrons. The topological polar surface area (TPSA) is 86.9 Å². The van der Waals surface area contributed by atoms with Crippen molar-refractivity contribution in [2.75, 3.05) is 5.73 Å². The van der Waals surface area contributed by atoms with Crippen LogP contribution in [0, 0.1) is 0 Å². The van der Waals surface area contributed by atoms with Gasteiger partial charge in [0.15, 0.2) is 0 Å². The van der Waals surface area contributed by atoms with E-state index in [4.69, 9.17) is 34.7 Å². The van der Waals surface area contributed by atoms with Crippen LogP contribution in [0.15, 0.2) is 18.2 Å². The maximum atomic E-state index is 11.6. The third-order valence-corrected chi connectivity index (χ3v) is 3.50. The van der Waals surface area contributed by atoms with Gasteiger partial charge in [-0.3, -0.25) is 4.79 Å². The van der Waals surface area contributed by atoms with Gasteiger partial charge in [0.1, 0.15) is 17.1 Å². The van der Waals surface area contributed by atoms with Crippen LogP contribution in [0.4, 0.5) is 5.82 Å². The molecule has 0 unspecified atom stereocenters. The zero-order valence-electron chi connectivity index (χ0n) is 11.0. The molecule has 20 heavy (non-hydrogen) atoms. The molecule has 0 aliphatic heterocycles. The summed E-state index contributed by atoms with van der Waals surface area (Å²) in [5, 5.41) is 5.12. The largest absolute Gasteiger partial charge is 0.383 e. The lowest BCUT2D eigenvalue weighted by molar-refractivity contribution is 0.1000. The van der Waals surface area contributed by atoms with E-state index in [1.54, 1.807) is 18.2 Å². The fourth-order valence-electron chi connectivity index (χ4n) is 1.97. The van der Waals surface area contributed by atoms with Gasteiger partial charge in [0.05, 0.1) is 15.7 Å². The summed E-state index contributed by atoms with van der Waals surface area (Å²) in [6, 6.07) is 5.05. The van der Waals surface area contributed by atoms with Crippen LogP contribution in [0.1, 0.15) is 35.8 Å². The first-order valence-corrected chi connectivity index (χ1v) is 6.72. The third kappa shape index (κ3) is 2.34. The zero-order valence-corrected chi connectivity index (χ0v) is 12.5. The molecule has 0 spiro atoms. The van der Waals surface area contributed by atoms with Crippen LogP contribution in [0.3, 0.4) is 0 Å². The summed E-state index contributed by atoms with van der Waals surface area (Å²) in [6.07, 6.45) is 0. The number of benzene rings is 1. The zero-order chi connectivity index (χ0) is 15.0. The molecule has 1 aromatic heterocycles. The maximum Gasteiger partial charge on any atom is 0.254 e. The second kappa shape index (κ2) is 5.34. The molecule has 1 heterocycles. The highest BCUT2D eigenvalue weighted by atomic mass is 35.5. The monoisotopic (exact) mass is 312 g/mol. The van der Waals surface area contributed by atoms with Gasteiger partial charge in [-0.2, -0.15) is 5.10 Å². The molecule has 0 bridgehead atoms. The van der Waals surface area contributed by atoms with Crippen molar-refractivity contribution < 1.29 is 4.79 Å². The van der Waals surface area contributed by atoms with Crippen molar-refractivity contribution in [3.63, 3.8) is 0 Å². The van der Waals surface area contributed by atoms with Gasteiger partial charge < -0.3 is 11.5 Å². The standard InChI is InChI=1S/C13H14Cl2N4O/c1-6(2)10-9(13(17)20)12(16)19(18-10)11-7(14)4-3-5-8(11)15/h3-6H,16H2,1-2H3,(H2,17,20). The number of primary amides is 1. The fraction of sp³-hybridized carbons (Fsp3) is 0.231. The number of carbonyl (C=O) groups excluding carboxylic acids is 1. The van der Waals surface area contributed by atoms with Crippen LogP contribution < -0.4 is 11.5 Å². The maximum absolute atomic E-state index is 11.6. The van der Waals surface area contributed by atoms with E-state index < -0.39 is 5.91 Å². The Labute approximate surface area is 126 Å². The molecule has 1 amide bonds. The summed E-state index contributed by atoms with van der Waals surface area (Å²) >= 11 is 12.3. The van der Waals surface area contributed by atoms with Crippen molar-refractivity contribution in [2.24, 2.45) is 5.73 Å². The fourth-order valence-corrected chi connectivity index (χ4v) is 2.52. The van der Waals surface area contributed by atoms with Crippen LogP contribution in [0.25, 0.3) is 5.69 Å². The number of halogens is 2. The second-order valence-corrected chi connectivity index (χ2v) is 5.46. The van der Waals surface area contributed by atoms with Gasteiger partial charge in [-0.15, -0.1) is 0 Å². The predicted molar refractivity (Wildman–Crippen MR) is 80.6 cm³/mol. The van der Waals surface area contributed by atoms with Gasteiger partial charge in [-0.05, 0) is 18.1 Å². The van der Waals surface area contributed by atoms with Gasteiger partial charge in [0, 0.05) is 0 Å². The highest BCUT2D eigenvalue weighted by Gasteiger charge is 2.24. The van der Waals surface area contributed by atoms with E-state index in [2.05, 4.69) is 5.10 Å². The van der Waals surface area contributed by atoms with Crippen molar-refractivity contribution in [1.29, 1.82) is 0 Å². The van der Waals surface area contributed by atoms with Gasteiger partial charge in [-0.25, -0.2) is 4.68 Å². The number of nitrogens with zero attached hydrogens (tertiary/aromatic N) is 2. The highest BCUT2D eigenvalue weighted by molar-refractivity contribution is 6.37. The van der Waals surface area contributed by atoms with Gasteiger partial charge in [0.25, 0.3) is 5.91 Å². The average molecular weight is 313 g/mol. The first-order valence-electron chi connectivity index (χ1n) is 5.97. The number of hydrogen-bond donors (Lipinski definition) is 2. The molecule has 0 saturated carbocycles. The van der Waals surface area contributed by atoms with Crippen molar-refractivity contribution >= 4 is 34.9 Å². The number of anilines is 1. The van der Waals surface area contributed by atoms with Gasteiger partial charge >= 0.3 is 0 Å². The van der Waals surface area contributed by atoms with Gasteiger partial charge in [0.2, 0.25) is 0 Å². The Morgan fingerprint density at radius 3 is 2.25 bits per heavy atom. The van der Waals surface area contributed by atoms with Crippen molar-refractivity contribution in [1.82, 2.24) is 9.78 Å². The summed E-state index contributed by atoms with van der Waals surface area (Å²) in [5.41, 5.74) is 12.5. The van der Waals surface area contributed by atoms with E-state index in [9.17, 15) is 4.79 Å². The third-order valence-electron chi connectivity index (χ3n) is 2.89. The summed E-state index contributed by atoms with van der Waals surface area (Å²) in [4.78, 5) is 11.6. The molecule has 2 rings (SSSR count). The van der Waals surface area contributed by atoms with E-state index in [1.807, 2.05) is 13.8 Å². The lowest BCUT2D eigenvalue weighted by Crippen LogP contribution is -2.15. The summed E-state index contributed by atoms with van der Waals surface area (Å²) < 4.78 is 1.36. The molecule has 4 N–H and O–H groups in total. The molecule has 106 valence electrons. The number of rotatable bonds is 3. The Bertz CT molecular complexity index is 659. The summed E-state index contributed by atoms with van der Waals surface area (Å²) in [6.45, 7) is 3.79. The van der Waals surface area contributed by atoms with Crippen LogP contribution in [0.5, 0.6) is 0 Å². The minimum atomic E-state index is -0.624. The normalized spacial score (nSPS) is 11.1. The Hall–Kier alpha value is -1.72. The van der Waals surface area contributed by atoms with E-state index in [1.165, 1.54) is 4.68 Å². The van der Waals surface area contributed by atoms with E-state index in [0.29, 0.717) is 21.4 Å². The lowest BCUT2D eigenvalue weighted by Gasteiger charge is -2.08. The molecular formula is C13H14Cl2N4O. The Balaban J connectivity index is 2.77. The van der Waals surface area contributed by atoms with Crippen LogP contribution in [-0.2, 0) is 0 Å². The number of carbonyl (C=O) groups is 1. The number of para-hydroxylation sites is 1. The molecule has 0 aliphatic rings. The molecule has 1 aromatic carbocycles. The van der Waals surface area contributed by atoms with Crippen LogP contribution >= 0.6 is 23.2 Å². The number of nitrogen functional groups attached to an aromatic ring is 1. The highest BCUT2D eigenvalue weighted by Crippen LogP contribution is 2.33. The minimum Gasteiger partial charge on any atom is -0.383 e. The van der Waals surface area contributed by atoms with Crippen LogP contribution in [0.2, 0.25) is 10.0 Å². The Morgan fingerprint density at radius 2 is 1.85 bits per heavy atom. The van der Waals surface area contributed by atoms with E-state index in [-0.39, 0.29) is 17.3 Å². The minimum absolute atomic E-state index is 0.0117. The van der Waals surface area contributed by atoms with E-state index >= 15 is 0 Å². The van der Waals surface area contributed by atoms with Gasteiger partial charge in [-0.1, -0.05) is 43.1 Å². The van der Waals surface area contributed by atoms with E-state index in [0.717, 1.165) is 0 Å². The smallest absolute Gasteiger partial charge is 0.254 e. The van der Waals surface area contributed by atoms with Crippen molar-refractivity contribution in [3.8, 4) is 5.69 Å². The molecule has 2 aromatic rings. The Morgan fingerprint density at radius 1 is 1.30 bits per heavy atom. The molecule has 7 heteroatoms. The molecule has 0 atom stereocenters. The molecule has 0 fully saturated rings. The van der Waals surface area contributed by atoms with Crippen molar-refractivity contribution in [2.45, 2.75) is 19.8 Å². The quantitative estimate of drug-likeness (QED) is 0.913. The molecular weight excluding hydrogens is 299 g/mol. The first-order chi connectivity index (χ1) is 9.34. The average Bonchev–Trinajstić information content (AvgIpc) is 2.67. The molecule has 0 saturated heterocycles. The number of nitrogens with two attached hydrogens (primary N) is 2. The second-order valence-electron chi connectivity index (χ2n) is 4.65. The summed E-state index contributed by atoms with van der Waals surface area (Å²) in [5.74, 6) is -0.501. The molecule has 0 aliphatic carbocycles. The number of aromatic nitrogens is 2. The predicted octanol–water partition coefficient (Wildman–Crippen LogP) is 2.98. The molecule has 5 nitrogen and oxygen atoms in total. The number of amides is 1. The first kappa shape index (κ1) is 14.7. The Kier molecular flexibility index (Phi) is 3.92. The summed E-state index contributed by atoms with van der Waals surface area (Å²) in [7, 11) is 0. The number of hydrogen-bond acceptors (Lipinski definition) is 3. The SMILES string of the molecule is CC(C)c1nn(-c2c(Cl)cccc2Cl)c(N)c1C(N)=O.